The Kier molecular flexibility index (Phi) is 6.41. The highest BCUT2D eigenvalue weighted by atomic mass is 32.2. The average molecular weight is 458 g/mol. The standard InChI is InChI=1S/C23H27N3O3S2/c1-17-10-12-25(13-11-17)23(27)16-26(15-19-6-4-3-5-7-19)31(28,29)20-8-9-21-22(14-20)30-18(2)24-21/h3-9,14,17H,10-13,15-16H2,1-2H3. The van der Waals surface area contributed by atoms with Gasteiger partial charge in [0.15, 0.2) is 0 Å². The van der Waals surface area contributed by atoms with Crippen LogP contribution in [0, 0.1) is 12.8 Å². The van der Waals surface area contributed by atoms with Gasteiger partial charge in [0.1, 0.15) is 0 Å². The number of aromatic nitrogens is 1. The summed E-state index contributed by atoms with van der Waals surface area (Å²) >= 11 is 1.47. The number of fused-ring (bicyclic) bond motifs is 1. The molecule has 0 radical (unpaired) electrons. The zero-order chi connectivity index (χ0) is 22.0. The first-order chi connectivity index (χ1) is 14.8. The molecule has 0 unspecified atom stereocenters. The van der Waals surface area contributed by atoms with Crippen LogP contribution >= 0.6 is 11.3 Å². The highest BCUT2D eigenvalue weighted by Gasteiger charge is 2.30. The van der Waals surface area contributed by atoms with Gasteiger partial charge in [-0.3, -0.25) is 4.79 Å². The lowest BCUT2D eigenvalue weighted by Crippen LogP contribution is -2.45. The van der Waals surface area contributed by atoms with E-state index in [-0.39, 0.29) is 23.9 Å². The SMILES string of the molecule is Cc1nc2ccc(S(=O)(=O)N(CC(=O)N3CCC(C)CC3)Cc3ccccc3)cc2s1. The van der Waals surface area contributed by atoms with Crippen molar-refractivity contribution in [3.63, 3.8) is 0 Å². The highest BCUT2D eigenvalue weighted by Crippen LogP contribution is 2.27. The number of hydrogen-bond acceptors (Lipinski definition) is 5. The third-order valence-electron chi connectivity index (χ3n) is 5.75. The summed E-state index contributed by atoms with van der Waals surface area (Å²) in [6.45, 7) is 5.45. The molecule has 0 bridgehead atoms. The van der Waals surface area contributed by atoms with E-state index in [1.165, 1.54) is 15.6 Å². The van der Waals surface area contributed by atoms with Gasteiger partial charge >= 0.3 is 0 Å². The van der Waals surface area contributed by atoms with Gasteiger partial charge in [0.2, 0.25) is 15.9 Å². The minimum Gasteiger partial charge on any atom is -0.342 e. The van der Waals surface area contributed by atoms with Gasteiger partial charge in [-0.15, -0.1) is 11.3 Å². The summed E-state index contributed by atoms with van der Waals surface area (Å²) in [7, 11) is -3.86. The summed E-state index contributed by atoms with van der Waals surface area (Å²) in [5, 5.41) is 0.889. The molecule has 0 saturated carbocycles. The van der Waals surface area contributed by atoms with E-state index >= 15 is 0 Å². The highest BCUT2D eigenvalue weighted by molar-refractivity contribution is 7.89. The molecule has 4 rings (SSSR count). The summed E-state index contributed by atoms with van der Waals surface area (Å²) in [6, 6.07) is 14.4. The van der Waals surface area contributed by atoms with Crippen LogP contribution < -0.4 is 0 Å². The van der Waals surface area contributed by atoms with Crippen LogP contribution in [0.5, 0.6) is 0 Å². The minimum absolute atomic E-state index is 0.138. The number of carbonyl (C=O) groups excluding carboxylic acids is 1. The smallest absolute Gasteiger partial charge is 0.243 e. The summed E-state index contributed by atoms with van der Waals surface area (Å²) in [5.41, 5.74) is 1.63. The lowest BCUT2D eigenvalue weighted by molar-refractivity contribution is -0.132. The fourth-order valence-electron chi connectivity index (χ4n) is 3.85. The maximum Gasteiger partial charge on any atom is 0.243 e. The van der Waals surface area contributed by atoms with Crippen LogP contribution in [-0.4, -0.2) is 48.1 Å². The van der Waals surface area contributed by atoms with E-state index in [2.05, 4.69) is 11.9 Å². The molecule has 8 heteroatoms. The Bertz CT molecular complexity index is 1170. The van der Waals surface area contributed by atoms with E-state index in [4.69, 9.17) is 0 Å². The molecule has 0 atom stereocenters. The monoisotopic (exact) mass is 457 g/mol. The lowest BCUT2D eigenvalue weighted by Gasteiger charge is -2.32. The van der Waals surface area contributed by atoms with E-state index in [1.54, 1.807) is 23.1 Å². The van der Waals surface area contributed by atoms with Gasteiger partial charge in [-0.05, 0) is 49.4 Å². The van der Waals surface area contributed by atoms with Crippen molar-refractivity contribution in [2.45, 2.75) is 38.1 Å². The third kappa shape index (κ3) is 4.97. The number of carbonyl (C=O) groups is 1. The topological polar surface area (TPSA) is 70.6 Å². The number of nitrogens with zero attached hydrogens (tertiary/aromatic N) is 3. The predicted molar refractivity (Wildman–Crippen MR) is 123 cm³/mol. The molecule has 2 heterocycles. The zero-order valence-electron chi connectivity index (χ0n) is 17.8. The molecule has 1 saturated heterocycles. The number of hydrogen-bond donors (Lipinski definition) is 0. The molecule has 1 aromatic heterocycles. The predicted octanol–water partition coefficient (Wildman–Crippen LogP) is 4.05. The Morgan fingerprint density at radius 3 is 2.58 bits per heavy atom. The number of piperidine rings is 1. The molecule has 1 aliphatic heterocycles. The van der Waals surface area contributed by atoms with Gasteiger partial charge in [-0.2, -0.15) is 4.31 Å². The number of aryl methyl sites for hydroxylation is 1. The number of sulfonamides is 1. The van der Waals surface area contributed by atoms with Crippen LogP contribution in [0.4, 0.5) is 0 Å². The molecule has 0 spiro atoms. The molecular weight excluding hydrogens is 430 g/mol. The third-order valence-corrected chi connectivity index (χ3v) is 8.48. The number of benzene rings is 2. The zero-order valence-corrected chi connectivity index (χ0v) is 19.5. The Hall–Kier alpha value is -2.29. The first-order valence-electron chi connectivity index (χ1n) is 10.5. The van der Waals surface area contributed by atoms with Crippen molar-refractivity contribution in [2.24, 2.45) is 5.92 Å². The van der Waals surface area contributed by atoms with Crippen molar-refractivity contribution in [3.05, 3.63) is 59.1 Å². The van der Waals surface area contributed by atoms with Crippen molar-refractivity contribution in [3.8, 4) is 0 Å². The quantitative estimate of drug-likeness (QED) is 0.560. The van der Waals surface area contributed by atoms with Gasteiger partial charge in [-0.1, -0.05) is 37.3 Å². The Morgan fingerprint density at radius 2 is 1.87 bits per heavy atom. The van der Waals surface area contributed by atoms with Crippen LogP contribution in [0.3, 0.4) is 0 Å². The summed E-state index contributed by atoms with van der Waals surface area (Å²) in [4.78, 5) is 19.4. The number of likely N-dealkylation sites (tertiary alicyclic amines) is 1. The Balaban J connectivity index is 1.63. The minimum atomic E-state index is -3.86. The molecular formula is C23H27N3O3S2. The van der Waals surface area contributed by atoms with E-state index < -0.39 is 10.0 Å². The van der Waals surface area contributed by atoms with Crippen molar-refractivity contribution in [1.82, 2.24) is 14.2 Å². The molecule has 0 aliphatic carbocycles. The van der Waals surface area contributed by atoms with Crippen molar-refractivity contribution < 1.29 is 13.2 Å². The van der Waals surface area contributed by atoms with Gasteiger partial charge in [-0.25, -0.2) is 13.4 Å². The fourth-order valence-corrected chi connectivity index (χ4v) is 6.20. The van der Waals surface area contributed by atoms with Crippen LogP contribution in [0.2, 0.25) is 0 Å². The molecule has 164 valence electrons. The van der Waals surface area contributed by atoms with E-state index in [0.717, 1.165) is 33.6 Å². The number of rotatable bonds is 6. The lowest BCUT2D eigenvalue weighted by atomic mass is 9.99. The molecule has 1 amide bonds. The molecule has 1 fully saturated rings. The van der Waals surface area contributed by atoms with Crippen molar-refractivity contribution >= 4 is 37.5 Å². The van der Waals surface area contributed by atoms with Gasteiger partial charge in [0.25, 0.3) is 0 Å². The van der Waals surface area contributed by atoms with E-state index in [1.807, 2.05) is 37.3 Å². The normalized spacial score (nSPS) is 15.6. The van der Waals surface area contributed by atoms with Crippen LogP contribution in [0.1, 0.15) is 30.3 Å². The molecule has 1 aliphatic rings. The maximum absolute atomic E-state index is 13.6. The maximum atomic E-state index is 13.6. The number of thiazole rings is 1. The molecule has 6 nitrogen and oxygen atoms in total. The summed E-state index contributed by atoms with van der Waals surface area (Å²) in [6.07, 6.45) is 1.91. The van der Waals surface area contributed by atoms with Crippen molar-refractivity contribution in [1.29, 1.82) is 0 Å². The summed E-state index contributed by atoms with van der Waals surface area (Å²) in [5.74, 6) is 0.462. The summed E-state index contributed by atoms with van der Waals surface area (Å²) < 4.78 is 29.3. The van der Waals surface area contributed by atoms with E-state index in [0.29, 0.717) is 19.0 Å². The van der Waals surface area contributed by atoms with Crippen molar-refractivity contribution in [2.75, 3.05) is 19.6 Å². The van der Waals surface area contributed by atoms with Gasteiger partial charge < -0.3 is 4.90 Å². The molecule has 2 aromatic carbocycles. The van der Waals surface area contributed by atoms with Crippen LogP contribution in [0.15, 0.2) is 53.4 Å². The fraction of sp³-hybridized carbons (Fsp3) is 0.391. The van der Waals surface area contributed by atoms with E-state index in [9.17, 15) is 13.2 Å². The first-order valence-corrected chi connectivity index (χ1v) is 12.8. The van der Waals surface area contributed by atoms with Gasteiger partial charge in [0.05, 0.1) is 26.7 Å². The second-order valence-corrected chi connectivity index (χ2v) is 11.4. The molecule has 0 N–H and O–H groups in total. The molecule has 3 aromatic rings. The Morgan fingerprint density at radius 1 is 1.16 bits per heavy atom. The van der Waals surface area contributed by atoms with Crippen LogP contribution in [-0.2, 0) is 21.4 Å². The van der Waals surface area contributed by atoms with Crippen LogP contribution in [0.25, 0.3) is 10.2 Å². The average Bonchev–Trinajstić information content (AvgIpc) is 3.13. The molecule has 31 heavy (non-hydrogen) atoms. The first kappa shape index (κ1) is 21.9. The largest absolute Gasteiger partial charge is 0.342 e. The number of amides is 1. The second-order valence-electron chi connectivity index (χ2n) is 8.18. The second kappa shape index (κ2) is 9.06. The van der Waals surface area contributed by atoms with Gasteiger partial charge in [0, 0.05) is 19.6 Å². The Labute approximate surface area is 187 Å².